The van der Waals surface area contributed by atoms with E-state index in [1.165, 1.54) is 37.5 Å². The van der Waals surface area contributed by atoms with Gasteiger partial charge in [0.2, 0.25) is 9.84 Å². The van der Waals surface area contributed by atoms with Crippen LogP contribution in [0.25, 0.3) is 6.08 Å². The topological polar surface area (TPSA) is 106 Å². The predicted molar refractivity (Wildman–Crippen MR) is 161 cm³/mol. The first kappa shape index (κ1) is 33.2. The lowest BCUT2D eigenvalue weighted by Gasteiger charge is -2.28. The van der Waals surface area contributed by atoms with Gasteiger partial charge in [0.05, 0.1) is 23.0 Å². The van der Waals surface area contributed by atoms with Crippen LogP contribution in [0.5, 0.6) is 5.75 Å². The summed E-state index contributed by atoms with van der Waals surface area (Å²) >= 11 is 0. The van der Waals surface area contributed by atoms with Crippen LogP contribution in [0.4, 0.5) is 0 Å². The molecule has 2 rings (SSSR count). The number of ether oxygens (including phenoxy) is 2. The van der Waals surface area contributed by atoms with Gasteiger partial charge in [-0.05, 0) is 58.9 Å². The maximum atomic E-state index is 13.7. The monoisotopic (exact) mass is 572 g/mol. The van der Waals surface area contributed by atoms with Gasteiger partial charge >= 0.3 is 0 Å². The first-order chi connectivity index (χ1) is 18.6. The molecule has 8 nitrogen and oxygen atoms in total. The van der Waals surface area contributed by atoms with E-state index < -0.39 is 9.84 Å². The molecule has 0 aliphatic heterocycles. The zero-order valence-corrected chi connectivity index (χ0v) is 26.1. The molecule has 1 N–H and O–H groups in total. The van der Waals surface area contributed by atoms with E-state index in [1.54, 1.807) is 25.2 Å². The summed E-state index contributed by atoms with van der Waals surface area (Å²) in [7, 11) is 0.666. The van der Waals surface area contributed by atoms with Crippen molar-refractivity contribution in [2.45, 2.75) is 57.3 Å². The number of carbonyl (C=O) groups excluding carboxylic acids is 1. The van der Waals surface area contributed by atoms with Crippen LogP contribution in [-0.4, -0.2) is 78.1 Å². The third kappa shape index (κ3) is 8.25. The van der Waals surface area contributed by atoms with Gasteiger partial charge in [-0.1, -0.05) is 41.5 Å². The van der Waals surface area contributed by atoms with Crippen LogP contribution in [0.15, 0.2) is 51.2 Å². The number of hydrogen-bond donors (Lipinski definition) is 1. The Morgan fingerprint density at radius 3 is 1.80 bits per heavy atom. The molecule has 0 saturated heterocycles. The van der Waals surface area contributed by atoms with Gasteiger partial charge in [-0.25, -0.2) is 8.42 Å². The third-order valence-corrected chi connectivity index (χ3v) is 8.19. The highest BCUT2D eigenvalue weighted by Crippen LogP contribution is 2.40. The van der Waals surface area contributed by atoms with Gasteiger partial charge in [-0.2, -0.15) is 0 Å². The number of sulfone groups is 1. The van der Waals surface area contributed by atoms with Crippen molar-refractivity contribution in [1.29, 1.82) is 0 Å². The summed E-state index contributed by atoms with van der Waals surface area (Å²) in [6, 6.07) is 9.53. The van der Waals surface area contributed by atoms with Gasteiger partial charge in [-0.15, -0.1) is 0 Å². The highest BCUT2D eigenvalue weighted by molar-refractivity contribution is 7.96. The van der Waals surface area contributed by atoms with E-state index in [1.807, 2.05) is 53.7 Å². The van der Waals surface area contributed by atoms with Crippen LogP contribution in [0.2, 0.25) is 0 Å². The van der Waals surface area contributed by atoms with Crippen molar-refractivity contribution < 1.29 is 27.8 Å². The highest BCUT2D eigenvalue weighted by atomic mass is 32.2. The van der Waals surface area contributed by atoms with Crippen LogP contribution < -0.4 is 0 Å². The number of rotatable bonds is 11. The van der Waals surface area contributed by atoms with Crippen molar-refractivity contribution in [3.63, 3.8) is 0 Å². The lowest BCUT2D eigenvalue weighted by atomic mass is 9.78. The smallest absolute Gasteiger partial charge is 0.254 e. The third-order valence-electron chi connectivity index (χ3n) is 6.45. The largest absolute Gasteiger partial charge is 0.507 e. The Hall–Kier alpha value is -3.01. The first-order valence-electron chi connectivity index (χ1n) is 13.2. The molecule has 0 fully saturated rings. The predicted octanol–water partition coefficient (Wildman–Crippen LogP) is 5.24. The second-order valence-electron chi connectivity index (χ2n) is 11.7. The van der Waals surface area contributed by atoms with Crippen molar-refractivity contribution in [3.8, 4) is 5.75 Å². The number of aliphatic imine (C=N–C) groups is 1. The summed E-state index contributed by atoms with van der Waals surface area (Å²) in [5.74, 6) is -0.0199. The minimum Gasteiger partial charge on any atom is -0.507 e. The molecule has 0 aliphatic carbocycles. The lowest BCUT2D eigenvalue weighted by molar-refractivity contribution is 0.0627. The molecule has 1 amide bonds. The Kier molecular flexibility index (Phi) is 11.3. The summed E-state index contributed by atoms with van der Waals surface area (Å²) < 4.78 is 37.7. The molecule has 0 aliphatic rings. The van der Waals surface area contributed by atoms with E-state index in [0.29, 0.717) is 37.4 Å². The van der Waals surface area contributed by atoms with E-state index in [9.17, 15) is 18.3 Å². The molecule has 220 valence electrons. The van der Waals surface area contributed by atoms with Gasteiger partial charge in [0.25, 0.3) is 5.91 Å². The lowest BCUT2D eigenvalue weighted by Crippen LogP contribution is -2.36. The van der Waals surface area contributed by atoms with Crippen molar-refractivity contribution >= 4 is 28.0 Å². The Labute approximate surface area is 239 Å². The van der Waals surface area contributed by atoms with Crippen molar-refractivity contribution in [2.75, 3.05) is 47.6 Å². The number of methoxy groups -OCH3 is 2. The summed E-state index contributed by atoms with van der Waals surface area (Å²) in [4.78, 5) is 18.7. The van der Waals surface area contributed by atoms with Crippen LogP contribution in [0.1, 0.15) is 68.6 Å². The van der Waals surface area contributed by atoms with Crippen molar-refractivity contribution in [3.05, 3.63) is 63.6 Å². The van der Waals surface area contributed by atoms with Gasteiger partial charge < -0.3 is 19.5 Å². The van der Waals surface area contributed by atoms with E-state index in [2.05, 4.69) is 4.99 Å². The molecule has 2 aromatic rings. The zero-order chi connectivity index (χ0) is 30.3. The highest BCUT2D eigenvalue weighted by Gasteiger charge is 2.27. The Morgan fingerprint density at radius 1 is 0.925 bits per heavy atom. The van der Waals surface area contributed by atoms with Crippen molar-refractivity contribution in [2.24, 2.45) is 4.99 Å². The SMILES string of the molecule is CN=C/C(=C\c1cc(C(C)(C)C)c(O)c(C(C)(C)C)c1)S(=O)(=O)c1ccc(C(=O)N(CCOC)CCOC)cc1. The summed E-state index contributed by atoms with van der Waals surface area (Å²) in [6.07, 6.45) is 2.88. The fourth-order valence-electron chi connectivity index (χ4n) is 4.17. The number of phenols is 1. The number of hydrogen-bond acceptors (Lipinski definition) is 7. The molecule has 0 heterocycles. The molecule has 0 bridgehead atoms. The zero-order valence-electron chi connectivity index (χ0n) is 25.2. The molecule has 0 aromatic heterocycles. The summed E-state index contributed by atoms with van der Waals surface area (Å²) in [5.41, 5.74) is 1.73. The van der Waals surface area contributed by atoms with E-state index in [4.69, 9.17) is 9.47 Å². The van der Waals surface area contributed by atoms with Crippen molar-refractivity contribution in [1.82, 2.24) is 4.90 Å². The van der Waals surface area contributed by atoms with E-state index >= 15 is 0 Å². The molecule has 40 heavy (non-hydrogen) atoms. The molecule has 2 aromatic carbocycles. The molecule has 0 saturated carbocycles. The standard InChI is InChI=1S/C31H44N2O6S/c1-30(2,3)26-19-22(20-27(28(26)34)31(4,5)6)18-25(21-32-7)40(36,37)24-12-10-23(11-13-24)29(35)33(14-16-38-8)15-17-39-9/h10-13,18-21,34H,14-17H2,1-9H3/b25-18+,32-21?. The summed E-state index contributed by atoms with van der Waals surface area (Å²) in [5, 5.41) is 11.1. The fraction of sp³-hybridized carbons (Fsp3) is 0.484. The van der Waals surface area contributed by atoms with Crippen LogP contribution in [-0.2, 0) is 30.1 Å². The van der Waals surface area contributed by atoms with Crippen LogP contribution in [0.3, 0.4) is 0 Å². The molecular weight excluding hydrogens is 528 g/mol. The second kappa shape index (κ2) is 13.6. The maximum absolute atomic E-state index is 13.7. The second-order valence-corrected chi connectivity index (χ2v) is 13.7. The minimum atomic E-state index is -3.97. The normalized spacial score (nSPS) is 13.2. The van der Waals surface area contributed by atoms with Gasteiger partial charge in [0.1, 0.15) is 5.75 Å². The number of phenolic OH excluding ortho intramolecular Hbond substituents is 1. The number of allylic oxidation sites excluding steroid dienone is 1. The number of aromatic hydroxyl groups is 1. The van der Waals surface area contributed by atoms with E-state index in [-0.39, 0.29) is 32.3 Å². The Balaban J connectivity index is 2.56. The molecule has 9 heteroatoms. The molecular formula is C31H44N2O6S. The Bertz CT molecular complexity index is 1290. The molecule has 0 unspecified atom stereocenters. The van der Waals surface area contributed by atoms with Crippen LogP contribution >= 0.6 is 0 Å². The van der Waals surface area contributed by atoms with E-state index in [0.717, 1.165) is 11.1 Å². The fourth-order valence-corrected chi connectivity index (χ4v) is 5.47. The molecule has 0 radical (unpaired) electrons. The maximum Gasteiger partial charge on any atom is 0.254 e. The van der Waals surface area contributed by atoms with Crippen LogP contribution in [0, 0.1) is 0 Å². The number of benzene rings is 2. The molecule has 0 atom stereocenters. The average molecular weight is 573 g/mol. The first-order valence-corrected chi connectivity index (χ1v) is 14.7. The number of nitrogens with zero attached hydrogens (tertiary/aromatic N) is 2. The quantitative estimate of drug-likeness (QED) is 0.369. The average Bonchev–Trinajstić information content (AvgIpc) is 2.87. The molecule has 0 spiro atoms. The Morgan fingerprint density at radius 2 is 1.40 bits per heavy atom. The number of carbonyl (C=O) groups is 1. The summed E-state index contributed by atoms with van der Waals surface area (Å²) in [6.45, 7) is 13.5. The van der Waals surface area contributed by atoms with Gasteiger partial charge in [0, 0.05) is 57.3 Å². The number of amides is 1. The van der Waals surface area contributed by atoms with Gasteiger partial charge in [0.15, 0.2) is 0 Å². The minimum absolute atomic E-state index is 0.00120. The van der Waals surface area contributed by atoms with Gasteiger partial charge in [-0.3, -0.25) is 9.79 Å².